The molecular formula is C8H14N4S. The summed E-state index contributed by atoms with van der Waals surface area (Å²) in [7, 11) is 0. The topological polar surface area (TPSA) is 55.0 Å². The van der Waals surface area contributed by atoms with Crippen molar-refractivity contribution in [3.05, 3.63) is 6.33 Å². The summed E-state index contributed by atoms with van der Waals surface area (Å²) in [6.45, 7) is 1.87. The van der Waals surface area contributed by atoms with Crippen LogP contribution in [0.5, 0.6) is 0 Å². The second-order valence-electron chi connectivity index (χ2n) is 3.29. The first kappa shape index (κ1) is 8.90. The third kappa shape index (κ3) is 1.81. The SMILES string of the molecule is NCCC1CCCN1c1ncns1. The minimum Gasteiger partial charge on any atom is -0.344 e. The second kappa shape index (κ2) is 4.02. The Bertz CT molecular complexity index is 249. The predicted octanol–water partition coefficient (Wildman–Crippen LogP) is 0.856. The van der Waals surface area contributed by atoms with Crippen LogP contribution in [0.15, 0.2) is 6.33 Å². The van der Waals surface area contributed by atoms with Gasteiger partial charge in [-0.05, 0) is 25.8 Å². The standard InChI is InChI=1S/C8H14N4S/c9-4-3-7-2-1-5-12(7)8-10-6-11-13-8/h6-7H,1-5,9H2. The van der Waals surface area contributed by atoms with Crippen molar-refractivity contribution in [3.8, 4) is 0 Å². The van der Waals surface area contributed by atoms with Gasteiger partial charge in [-0.25, -0.2) is 4.98 Å². The lowest BCUT2D eigenvalue weighted by Crippen LogP contribution is -2.30. The van der Waals surface area contributed by atoms with Gasteiger partial charge in [0.1, 0.15) is 6.33 Å². The Hall–Kier alpha value is -0.680. The monoisotopic (exact) mass is 198 g/mol. The Balaban J connectivity index is 2.05. The van der Waals surface area contributed by atoms with E-state index in [0.717, 1.165) is 24.6 Å². The molecule has 4 nitrogen and oxygen atoms in total. The second-order valence-corrected chi connectivity index (χ2v) is 4.05. The Labute approximate surface area is 81.9 Å². The average Bonchev–Trinajstić information content (AvgIpc) is 2.71. The molecule has 2 rings (SSSR count). The Morgan fingerprint density at radius 3 is 3.31 bits per heavy atom. The fraction of sp³-hybridized carbons (Fsp3) is 0.750. The van der Waals surface area contributed by atoms with Gasteiger partial charge in [-0.3, -0.25) is 0 Å². The molecule has 0 bridgehead atoms. The molecule has 1 aliphatic heterocycles. The van der Waals surface area contributed by atoms with E-state index in [1.54, 1.807) is 6.33 Å². The molecule has 1 atom stereocenters. The van der Waals surface area contributed by atoms with Crippen molar-refractivity contribution in [2.45, 2.75) is 25.3 Å². The normalized spacial score (nSPS) is 22.5. The van der Waals surface area contributed by atoms with E-state index in [1.807, 2.05) is 0 Å². The molecule has 72 valence electrons. The minimum atomic E-state index is 0.595. The van der Waals surface area contributed by atoms with E-state index >= 15 is 0 Å². The summed E-state index contributed by atoms with van der Waals surface area (Å²) >= 11 is 1.47. The third-order valence-corrected chi connectivity index (χ3v) is 3.18. The lowest BCUT2D eigenvalue weighted by molar-refractivity contribution is 0.617. The van der Waals surface area contributed by atoms with Gasteiger partial charge in [-0.1, -0.05) is 0 Å². The quantitative estimate of drug-likeness (QED) is 0.782. The third-order valence-electron chi connectivity index (χ3n) is 2.47. The largest absolute Gasteiger partial charge is 0.344 e. The van der Waals surface area contributed by atoms with E-state index < -0.39 is 0 Å². The number of nitrogens with zero attached hydrogens (tertiary/aromatic N) is 3. The van der Waals surface area contributed by atoms with Crippen molar-refractivity contribution >= 4 is 16.7 Å². The van der Waals surface area contributed by atoms with E-state index in [4.69, 9.17) is 5.73 Å². The predicted molar refractivity (Wildman–Crippen MR) is 53.9 cm³/mol. The first-order valence-electron chi connectivity index (χ1n) is 4.65. The van der Waals surface area contributed by atoms with E-state index in [-0.39, 0.29) is 0 Å². The van der Waals surface area contributed by atoms with Crippen LogP contribution in [0, 0.1) is 0 Å². The zero-order valence-corrected chi connectivity index (χ0v) is 8.33. The zero-order chi connectivity index (χ0) is 9.10. The molecule has 0 spiro atoms. The van der Waals surface area contributed by atoms with Gasteiger partial charge in [-0.2, -0.15) is 4.37 Å². The summed E-state index contributed by atoms with van der Waals surface area (Å²) in [6, 6.07) is 0.595. The van der Waals surface area contributed by atoms with Crippen LogP contribution in [0.2, 0.25) is 0 Å². The van der Waals surface area contributed by atoms with Gasteiger partial charge in [0.15, 0.2) is 0 Å². The van der Waals surface area contributed by atoms with Gasteiger partial charge in [0, 0.05) is 24.1 Å². The van der Waals surface area contributed by atoms with Gasteiger partial charge in [0.05, 0.1) is 0 Å². The maximum absolute atomic E-state index is 5.56. The average molecular weight is 198 g/mol. The number of aromatic nitrogens is 2. The molecule has 2 heterocycles. The lowest BCUT2D eigenvalue weighted by atomic mass is 10.1. The van der Waals surface area contributed by atoms with Crippen LogP contribution < -0.4 is 10.6 Å². The highest BCUT2D eigenvalue weighted by atomic mass is 32.1. The molecule has 0 amide bonds. The maximum Gasteiger partial charge on any atom is 0.205 e. The molecule has 1 saturated heterocycles. The summed E-state index contributed by atoms with van der Waals surface area (Å²) in [4.78, 5) is 6.56. The maximum atomic E-state index is 5.56. The molecule has 0 aliphatic carbocycles. The van der Waals surface area contributed by atoms with Gasteiger partial charge < -0.3 is 10.6 Å². The molecule has 13 heavy (non-hydrogen) atoms. The van der Waals surface area contributed by atoms with Crippen LogP contribution in [-0.2, 0) is 0 Å². The number of rotatable bonds is 3. The van der Waals surface area contributed by atoms with Gasteiger partial charge in [0.25, 0.3) is 0 Å². The number of hydrogen-bond donors (Lipinski definition) is 1. The summed E-state index contributed by atoms with van der Waals surface area (Å²) in [5, 5.41) is 1.05. The van der Waals surface area contributed by atoms with Crippen LogP contribution in [0.1, 0.15) is 19.3 Å². The Morgan fingerprint density at radius 1 is 1.69 bits per heavy atom. The smallest absolute Gasteiger partial charge is 0.205 e. The Kier molecular flexibility index (Phi) is 2.75. The number of hydrogen-bond acceptors (Lipinski definition) is 5. The first-order valence-corrected chi connectivity index (χ1v) is 5.42. The van der Waals surface area contributed by atoms with Crippen LogP contribution in [0.25, 0.3) is 0 Å². The van der Waals surface area contributed by atoms with E-state index in [2.05, 4.69) is 14.3 Å². The van der Waals surface area contributed by atoms with Crippen LogP contribution in [0.4, 0.5) is 5.13 Å². The van der Waals surface area contributed by atoms with E-state index in [1.165, 1.54) is 24.4 Å². The molecule has 5 heteroatoms. The van der Waals surface area contributed by atoms with Crippen molar-refractivity contribution in [2.24, 2.45) is 5.73 Å². The van der Waals surface area contributed by atoms with Gasteiger partial charge in [-0.15, -0.1) is 0 Å². The molecule has 1 aromatic heterocycles. The first-order chi connectivity index (χ1) is 6.42. The van der Waals surface area contributed by atoms with Gasteiger partial charge >= 0.3 is 0 Å². The highest BCUT2D eigenvalue weighted by Gasteiger charge is 2.25. The molecule has 1 unspecified atom stereocenters. The van der Waals surface area contributed by atoms with E-state index in [0.29, 0.717) is 6.04 Å². The molecular weight excluding hydrogens is 184 g/mol. The molecule has 1 aromatic rings. The highest BCUT2D eigenvalue weighted by molar-refractivity contribution is 7.09. The van der Waals surface area contributed by atoms with Crippen LogP contribution in [-0.4, -0.2) is 28.5 Å². The summed E-state index contributed by atoms with van der Waals surface area (Å²) in [6.07, 6.45) is 5.19. The van der Waals surface area contributed by atoms with Crippen molar-refractivity contribution in [1.82, 2.24) is 9.36 Å². The van der Waals surface area contributed by atoms with Crippen molar-refractivity contribution in [2.75, 3.05) is 18.0 Å². The molecule has 0 saturated carbocycles. The Morgan fingerprint density at radius 2 is 2.62 bits per heavy atom. The fourth-order valence-electron chi connectivity index (χ4n) is 1.87. The zero-order valence-electron chi connectivity index (χ0n) is 7.52. The number of nitrogens with two attached hydrogens (primary N) is 1. The lowest BCUT2D eigenvalue weighted by Gasteiger charge is -2.22. The van der Waals surface area contributed by atoms with Crippen LogP contribution >= 0.6 is 11.5 Å². The van der Waals surface area contributed by atoms with Crippen molar-refractivity contribution in [3.63, 3.8) is 0 Å². The van der Waals surface area contributed by atoms with Crippen molar-refractivity contribution in [1.29, 1.82) is 0 Å². The fourth-order valence-corrected chi connectivity index (χ4v) is 2.50. The van der Waals surface area contributed by atoms with Crippen molar-refractivity contribution < 1.29 is 0 Å². The minimum absolute atomic E-state index is 0.595. The van der Waals surface area contributed by atoms with Gasteiger partial charge in [0.2, 0.25) is 5.13 Å². The molecule has 1 aliphatic rings. The molecule has 2 N–H and O–H groups in total. The number of anilines is 1. The summed E-state index contributed by atoms with van der Waals surface area (Å²) < 4.78 is 4.02. The molecule has 1 fully saturated rings. The summed E-state index contributed by atoms with van der Waals surface area (Å²) in [5.41, 5.74) is 5.56. The van der Waals surface area contributed by atoms with E-state index in [9.17, 15) is 0 Å². The molecule has 0 radical (unpaired) electrons. The highest BCUT2D eigenvalue weighted by Crippen LogP contribution is 2.27. The molecule has 0 aromatic carbocycles. The van der Waals surface area contributed by atoms with Crippen LogP contribution in [0.3, 0.4) is 0 Å². The summed E-state index contributed by atoms with van der Waals surface area (Å²) in [5.74, 6) is 0.